The van der Waals surface area contributed by atoms with Crippen molar-refractivity contribution in [3.05, 3.63) is 70.3 Å². The molecule has 0 aliphatic heterocycles. The van der Waals surface area contributed by atoms with Gasteiger partial charge in [0, 0.05) is 27.4 Å². The number of ether oxygens (including phenoxy) is 1. The first-order valence-corrected chi connectivity index (χ1v) is 7.76. The number of nitrogens with zero attached hydrogens (tertiary/aromatic N) is 1. The molecule has 7 heteroatoms. The number of amides is 1. The molecule has 1 heterocycles. The minimum absolute atomic E-state index is 0.00346. The molecular weight excluding hydrogens is 351 g/mol. The maximum atomic E-state index is 11.7. The van der Waals surface area contributed by atoms with Crippen molar-refractivity contribution >= 4 is 35.0 Å². The van der Waals surface area contributed by atoms with Gasteiger partial charge in [-0.3, -0.25) is 5.32 Å². The second-order valence-corrected chi connectivity index (χ2v) is 5.77. The Labute approximate surface area is 148 Å². The van der Waals surface area contributed by atoms with E-state index < -0.39 is 6.09 Å². The molecule has 1 N–H and O–H groups in total. The third-order valence-electron chi connectivity index (χ3n) is 3.13. The molecule has 0 saturated heterocycles. The largest absolute Gasteiger partial charge is 0.443 e. The Bertz CT molecular complexity index is 830. The second kappa shape index (κ2) is 7.38. The van der Waals surface area contributed by atoms with Gasteiger partial charge in [-0.05, 0) is 48.5 Å². The van der Waals surface area contributed by atoms with Crippen molar-refractivity contribution in [2.75, 3.05) is 5.32 Å². The molecule has 0 spiro atoms. The van der Waals surface area contributed by atoms with Crippen LogP contribution in [0.2, 0.25) is 10.0 Å². The molecule has 0 bridgehead atoms. The summed E-state index contributed by atoms with van der Waals surface area (Å²) in [5.74, 6) is 0.573. The molecule has 0 radical (unpaired) electrons. The lowest BCUT2D eigenvalue weighted by Crippen LogP contribution is -2.13. The summed E-state index contributed by atoms with van der Waals surface area (Å²) in [4.78, 5) is 11.7. The minimum Gasteiger partial charge on any atom is -0.443 e. The minimum atomic E-state index is -0.589. The molecule has 0 aliphatic rings. The highest BCUT2D eigenvalue weighted by Gasteiger charge is 2.09. The van der Waals surface area contributed by atoms with Crippen molar-refractivity contribution in [3.8, 4) is 11.3 Å². The van der Waals surface area contributed by atoms with Gasteiger partial charge in [-0.2, -0.15) is 0 Å². The maximum absolute atomic E-state index is 11.7. The van der Waals surface area contributed by atoms with E-state index in [1.165, 1.54) is 0 Å². The summed E-state index contributed by atoms with van der Waals surface area (Å²) < 4.78 is 10.3. The molecule has 2 aromatic carbocycles. The van der Waals surface area contributed by atoms with Crippen LogP contribution in [-0.2, 0) is 11.3 Å². The third-order valence-corrected chi connectivity index (χ3v) is 3.63. The topological polar surface area (TPSA) is 64.4 Å². The van der Waals surface area contributed by atoms with E-state index in [4.69, 9.17) is 32.5 Å². The second-order valence-electron chi connectivity index (χ2n) is 4.90. The fourth-order valence-corrected chi connectivity index (χ4v) is 2.21. The molecule has 1 aromatic heterocycles. The highest BCUT2D eigenvalue weighted by atomic mass is 35.5. The third kappa shape index (κ3) is 4.28. The fraction of sp³-hybridized carbons (Fsp3) is 0.0588. The van der Waals surface area contributed by atoms with Gasteiger partial charge in [-0.25, -0.2) is 4.79 Å². The molecule has 24 heavy (non-hydrogen) atoms. The van der Waals surface area contributed by atoms with Gasteiger partial charge in [-0.15, -0.1) is 0 Å². The monoisotopic (exact) mass is 362 g/mol. The molecule has 0 unspecified atom stereocenters. The number of carbonyl (C=O) groups excluding carboxylic acids is 1. The van der Waals surface area contributed by atoms with Crippen LogP contribution >= 0.6 is 23.2 Å². The highest BCUT2D eigenvalue weighted by molar-refractivity contribution is 6.30. The van der Waals surface area contributed by atoms with Crippen LogP contribution in [0.5, 0.6) is 0 Å². The van der Waals surface area contributed by atoms with Crippen LogP contribution < -0.4 is 5.32 Å². The van der Waals surface area contributed by atoms with Crippen molar-refractivity contribution < 1.29 is 14.1 Å². The fourth-order valence-electron chi connectivity index (χ4n) is 1.96. The summed E-state index contributed by atoms with van der Waals surface area (Å²) in [5.41, 5.74) is 1.93. The molecular formula is C17H12Cl2N2O3. The average Bonchev–Trinajstić information content (AvgIpc) is 3.05. The summed E-state index contributed by atoms with van der Waals surface area (Å²) in [6.45, 7) is -0.00346. The smallest absolute Gasteiger partial charge is 0.412 e. The van der Waals surface area contributed by atoms with Crippen molar-refractivity contribution in [1.82, 2.24) is 5.16 Å². The molecule has 3 rings (SSSR count). The van der Waals surface area contributed by atoms with E-state index in [0.29, 0.717) is 27.2 Å². The number of carbonyl (C=O) groups is 1. The van der Waals surface area contributed by atoms with Gasteiger partial charge in [0.1, 0.15) is 12.3 Å². The quantitative estimate of drug-likeness (QED) is 0.674. The summed E-state index contributed by atoms with van der Waals surface area (Å²) in [7, 11) is 0. The Hall–Kier alpha value is -2.50. The SMILES string of the molecule is O=C(Nc1ccc(Cl)cc1)OCc1cc(-c2ccc(Cl)cc2)on1. The number of benzene rings is 2. The number of halogens is 2. The Morgan fingerprint density at radius 3 is 2.33 bits per heavy atom. The van der Waals surface area contributed by atoms with Gasteiger partial charge in [0.15, 0.2) is 5.76 Å². The number of rotatable bonds is 4. The van der Waals surface area contributed by atoms with E-state index in [1.807, 2.05) is 12.1 Å². The van der Waals surface area contributed by atoms with Crippen molar-refractivity contribution in [2.24, 2.45) is 0 Å². The van der Waals surface area contributed by atoms with E-state index in [2.05, 4.69) is 10.5 Å². The Balaban J connectivity index is 1.56. The maximum Gasteiger partial charge on any atom is 0.412 e. The first-order chi connectivity index (χ1) is 11.6. The van der Waals surface area contributed by atoms with Crippen LogP contribution in [-0.4, -0.2) is 11.2 Å². The summed E-state index contributed by atoms with van der Waals surface area (Å²) in [5, 5.41) is 7.70. The van der Waals surface area contributed by atoms with E-state index >= 15 is 0 Å². The number of hydrogen-bond acceptors (Lipinski definition) is 4. The van der Waals surface area contributed by atoms with Gasteiger partial charge in [0.2, 0.25) is 0 Å². The number of nitrogens with one attached hydrogen (secondary N) is 1. The zero-order chi connectivity index (χ0) is 16.9. The van der Waals surface area contributed by atoms with Gasteiger partial charge in [0.05, 0.1) is 0 Å². The van der Waals surface area contributed by atoms with E-state index in [1.54, 1.807) is 42.5 Å². The van der Waals surface area contributed by atoms with E-state index in [-0.39, 0.29) is 6.61 Å². The summed E-state index contributed by atoms with van der Waals surface area (Å²) in [6.07, 6.45) is -0.589. The van der Waals surface area contributed by atoms with Crippen molar-refractivity contribution in [1.29, 1.82) is 0 Å². The molecule has 1 amide bonds. The lowest BCUT2D eigenvalue weighted by Gasteiger charge is -2.05. The molecule has 0 saturated carbocycles. The standard InChI is InChI=1S/C17H12Cl2N2O3/c18-12-3-1-11(2-4-12)16-9-15(21-24-16)10-23-17(22)20-14-7-5-13(19)6-8-14/h1-9H,10H2,(H,20,22). The lowest BCUT2D eigenvalue weighted by molar-refractivity contribution is 0.152. The predicted molar refractivity (Wildman–Crippen MR) is 92.2 cm³/mol. The van der Waals surface area contributed by atoms with Crippen LogP contribution in [0.15, 0.2) is 59.1 Å². The molecule has 122 valence electrons. The lowest BCUT2D eigenvalue weighted by atomic mass is 10.2. The van der Waals surface area contributed by atoms with Gasteiger partial charge >= 0.3 is 6.09 Å². The normalized spacial score (nSPS) is 10.4. The van der Waals surface area contributed by atoms with Gasteiger partial charge < -0.3 is 9.26 Å². The van der Waals surface area contributed by atoms with Crippen LogP contribution in [0.25, 0.3) is 11.3 Å². The predicted octanol–water partition coefficient (Wildman–Crippen LogP) is 5.40. The Kier molecular flexibility index (Phi) is 5.03. The molecule has 0 fully saturated rings. The number of hydrogen-bond donors (Lipinski definition) is 1. The molecule has 3 aromatic rings. The van der Waals surface area contributed by atoms with Crippen LogP contribution in [0.3, 0.4) is 0 Å². The molecule has 5 nitrogen and oxygen atoms in total. The summed E-state index contributed by atoms with van der Waals surface area (Å²) in [6, 6.07) is 15.6. The highest BCUT2D eigenvalue weighted by Crippen LogP contribution is 2.22. The molecule has 0 atom stereocenters. The van der Waals surface area contributed by atoms with E-state index in [9.17, 15) is 4.79 Å². The van der Waals surface area contributed by atoms with Gasteiger partial charge in [0.25, 0.3) is 0 Å². The number of anilines is 1. The average molecular weight is 363 g/mol. The van der Waals surface area contributed by atoms with Crippen LogP contribution in [0.4, 0.5) is 10.5 Å². The van der Waals surface area contributed by atoms with E-state index in [0.717, 1.165) is 5.56 Å². The zero-order valence-corrected chi connectivity index (χ0v) is 13.8. The van der Waals surface area contributed by atoms with Crippen molar-refractivity contribution in [2.45, 2.75) is 6.61 Å². The summed E-state index contributed by atoms with van der Waals surface area (Å²) >= 11 is 11.6. The zero-order valence-electron chi connectivity index (χ0n) is 12.3. The first-order valence-electron chi connectivity index (χ1n) is 7.01. The molecule has 0 aliphatic carbocycles. The van der Waals surface area contributed by atoms with Crippen LogP contribution in [0.1, 0.15) is 5.69 Å². The Morgan fingerprint density at radius 2 is 1.67 bits per heavy atom. The first kappa shape index (κ1) is 16.4. The van der Waals surface area contributed by atoms with Gasteiger partial charge in [-0.1, -0.05) is 28.4 Å². The number of aromatic nitrogens is 1. The van der Waals surface area contributed by atoms with Crippen LogP contribution in [0, 0.1) is 0 Å². The van der Waals surface area contributed by atoms with Crippen molar-refractivity contribution in [3.63, 3.8) is 0 Å². The Morgan fingerprint density at radius 1 is 1.04 bits per heavy atom.